The van der Waals surface area contributed by atoms with E-state index in [-0.39, 0.29) is 5.56 Å². The van der Waals surface area contributed by atoms with Crippen molar-refractivity contribution in [1.29, 1.82) is 0 Å². The van der Waals surface area contributed by atoms with E-state index in [1.54, 1.807) is 12.1 Å². The fourth-order valence-corrected chi connectivity index (χ4v) is 2.50. The molecule has 1 heterocycles. The van der Waals surface area contributed by atoms with Crippen molar-refractivity contribution in [2.75, 3.05) is 5.73 Å². The molecular formula is C12H12N4O4S. The molecular weight excluding hydrogens is 296 g/mol. The summed E-state index contributed by atoms with van der Waals surface area (Å²) >= 11 is 1.22. The van der Waals surface area contributed by atoms with Gasteiger partial charge in [0.05, 0.1) is 16.6 Å². The second kappa shape index (κ2) is 5.75. The summed E-state index contributed by atoms with van der Waals surface area (Å²) in [4.78, 5) is 37.8. The summed E-state index contributed by atoms with van der Waals surface area (Å²) in [7, 11) is 0. The molecule has 2 rings (SSSR count). The number of hydrogen-bond acceptors (Lipinski definition) is 6. The van der Waals surface area contributed by atoms with Gasteiger partial charge < -0.3 is 21.9 Å². The van der Waals surface area contributed by atoms with Crippen molar-refractivity contribution < 1.29 is 19.5 Å². The molecule has 9 heteroatoms. The number of nitrogen functional groups attached to an aromatic ring is 1. The van der Waals surface area contributed by atoms with E-state index in [2.05, 4.69) is 10.3 Å². The Labute approximate surface area is 122 Å². The van der Waals surface area contributed by atoms with Gasteiger partial charge in [0.1, 0.15) is 6.04 Å². The molecule has 0 bridgehead atoms. The van der Waals surface area contributed by atoms with Crippen molar-refractivity contribution in [3.63, 3.8) is 0 Å². The molecule has 0 radical (unpaired) electrons. The van der Waals surface area contributed by atoms with Crippen molar-refractivity contribution >= 4 is 44.5 Å². The Bertz CT molecular complexity index is 727. The number of fused-ring (bicyclic) bond motifs is 1. The number of nitrogens with two attached hydrogens (primary N) is 2. The Kier molecular flexibility index (Phi) is 4.03. The van der Waals surface area contributed by atoms with E-state index in [9.17, 15) is 14.4 Å². The zero-order valence-electron chi connectivity index (χ0n) is 10.7. The number of amides is 2. The fourth-order valence-electron chi connectivity index (χ4n) is 1.73. The topological polar surface area (TPSA) is 148 Å². The van der Waals surface area contributed by atoms with Gasteiger partial charge in [-0.3, -0.25) is 9.59 Å². The smallest absolute Gasteiger partial charge is 0.326 e. The average Bonchev–Trinajstić information content (AvgIpc) is 2.76. The number of rotatable bonds is 5. The van der Waals surface area contributed by atoms with Crippen molar-refractivity contribution in [1.82, 2.24) is 10.3 Å². The third kappa shape index (κ3) is 3.45. The highest BCUT2D eigenvalue weighted by molar-refractivity contribution is 7.22. The number of carbonyl (C=O) groups is 3. The number of aliphatic carboxylic acids is 1. The Morgan fingerprint density at radius 3 is 2.71 bits per heavy atom. The number of aromatic nitrogens is 1. The van der Waals surface area contributed by atoms with Crippen LogP contribution in [-0.2, 0) is 9.59 Å². The molecule has 0 unspecified atom stereocenters. The molecule has 8 nitrogen and oxygen atoms in total. The predicted octanol–water partition coefficient (Wildman–Crippen LogP) is -0.0631. The fraction of sp³-hybridized carbons (Fsp3) is 0.167. The molecule has 0 spiro atoms. The summed E-state index contributed by atoms with van der Waals surface area (Å²) in [6.45, 7) is 0. The third-order valence-electron chi connectivity index (χ3n) is 2.68. The SMILES string of the molecule is NC(=O)C[C@@H](NC(=O)c1ccc2nc(N)sc2c1)C(=O)O. The highest BCUT2D eigenvalue weighted by atomic mass is 32.1. The summed E-state index contributed by atoms with van der Waals surface area (Å²) in [5.74, 6) is -2.75. The monoisotopic (exact) mass is 308 g/mol. The van der Waals surface area contributed by atoms with Crippen LogP contribution in [-0.4, -0.2) is 33.9 Å². The zero-order chi connectivity index (χ0) is 15.6. The maximum Gasteiger partial charge on any atom is 0.326 e. The van der Waals surface area contributed by atoms with E-state index in [4.69, 9.17) is 16.6 Å². The van der Waals surface area contributed by atoms with E-state index in [1.807, 2.05) is 0 Å². The number of thiazole rings is 1. The molecule has 6 N–H and O–H groups in total. The van der Waals surface area contributed by atoms with E-state index in [0.29, 0.717) is 15.3 Å². The standard InChI is InChI=1S/C12H12N4O4S/c13-9(17)4-7(11(19)20)15-10(18)5-1-2-6-8(3-5)21-12(14)16-6/h1-3,7H,4H2,(H2,13,17)(H2,14,16)(H,15,18)(H,19,20)/t7-/m1/s1. The predicted molar refractivity (Wildman–Crippen MR) is 76.7 cm³/mol. The van der Waals surface area contributed by atoms with Gasteiger partial charge in [0.2, 0.25) is 5.91 Å². The number of benzene rings is 1. The molecule has 0 aliphatic rings. The van der Waals surface area contributed by atoms with Crippen LogP contribution in [0.3, 0.4) is 0 Å². The number of nitrogens with one attached hydrogen (secondary N) is 1. The second-order valence-electron chi connectivity index (χ2n) is 4.27. The van der Waals surface area contributed by atoms with Crippen LogP contribution in [0.5, 0.6) is 0 Å². The van der Waals surface area contributed by atoms with Crippen LogP contribution in [0.2, 0.25) is 0 Å². The largest absolute Gasteiger partial charge is 0.480 e. The van der Waals surface area contributed by atoms with Crippen molar-refractivity contribution in [3.05, 3.63) is 23.8 Å². The van der Waals surface area contributed by atoms with Gasteiger partial charge >= 0.3 is 5.97 Å². The minimum atomic E-state index is -1.36. The quantitative estimate of drug-likeness (QED) is 0.608. The molecule has 1 aromatic carbocycles. The van der Waals surface area contributed by atoms with Gasteiger partial charge in [-0.2, -0.15) is 0 Å². The van der Waals surface area contributed by atoms with Crippen LogP contribution in [0.25, 0.3) is 10.2 Å². The second-order valence-corrected chi connectivity index (χ2v) is 5.33. The first-order chi connectivity index (χ1) is 9.86. The number of carbonyl (C=O) groups excluding carboxylic acids is 2. The third-order valence-corrected chi connectivity index (χ3v) is 3.52. The van der Waals surface area contributed by atoms with E-state index in [0.717, 1.165) is 0 Å². The summed E-state index contributed by atoms with van der Waals surface area (Å²) in [6, 6.07) is 3.31. The number of carboxylic acids is 1. The van der Waals surface area contributed by atoms with Crippen LogP contribution >= 0.6 is 11.3 Å². The maximum atomic E-state index is 12.0. The van der Waals surface area contributed by atoms with Crippen LogP contribution in [0.4, 0.5) is 5.13 Å². The molecule has 0 aliphatic carbocycles. The molecule has 0 saturated heterocycles. The molecule has 0 saturated carbocycles. The highest BCUT2D eigenvalue weighted by Gasteiger charge is 2.22. The lowest BCUT2D eigenvalue weighted by atomic mass is 10.1. The average molecular weight is 308 g/mol. The van der Waals surface area contributed by atoms with Gasteiger partial charge in [0, 0.05) is 5.56 Å². The minimum absolute atomic E-state index is 0.252. The Hall–Kier alpha value is -2.68. The highest BCUT2D eigenvalue weighted by Crippen LogP contribution is 2.24. The van der Waals surface area contributed by atoms with Gasteiger partial charge in [-0.25, -0.2) is 9.78 Å². The van der Waals surface area contributed by atoms with Gasteiger partial charge in [-0.05, 0) is 18.2 Å². The number of carboxylic acid groups (broad SMARTS) is 1. The van der Waals surface area contributed by atoms with Crippen LogP contribution in [0, 0.1) is 0 Å². The summed E-state index contributed by atoms with van der Waals surface area (Å²) in [5, 5.41) is 11.6. The number of hydrogen-bond donors (Lipinski definition) is 4. The number of nitrogens with zero attached hydrogens (tertiary/aromatic N) is 1. The van der Waals surface area contributed by atoms with Crippen molar-refractivity contribution in [2.45, 2.75) is 12.5 Å². The molecule has 2 aromatic rings. The Balaban J connectivity index is 2.20. The van der Waals surface area contributed by atoms with Crippen LogP contribution in [0.1, 0.15) is 16.8 Å². The number of anilines is 1. The van der Waals surface area contributed by atoms with Crippen LogP contribution in [0.15, 0.2) is 18.2 Å². The van der Waals surface area contributed by atoms with E-state index in [1.165, 1.54) is 17.4 Å². The first kappa shape index (κ1) is 14.7. The normalized spacial score (nSPS) is 12.0. The Morgan fingerprint density at radius 2 is 2.10 bits per heavy atom. The lowest BCUT2D eigenvalue weighted by Crippen LogP contribution is -2.43. The minimum Gasteiger partial charge on any atom is -0.480 e. The molecule has 110 valence electrons. The van der Waals surface area contributed by atoms with Crippen molar-refractivity contribution in [3.8, 4) is 0 Å². The molecule has 2 amide bonds. The first-order valence-corrected chi connectivity index (χ1v) is 6.66. The molecule has 1 aromatic heterocycles. The molecule has 21 heavy (non-hydrogen) atoms. The van der Waals surface area contributed by atoms with Crippen LogP contribution < -0.4 is 16.8 Å². The van der Waals surface area contributed by atoms with E-state index >= 15 is 0 Å². The maximum absolute atomic E-state index is 12.0. The molecule has 0 fully saturated rings. The van der Waals surface area contributed by atoms with Gasteiger partial charge in [0.25, 0.3) is 5.91 Å². The molecule has 0 aliphatic heterocycles. The summed E-state index contributed by atoms with van der Waals surface area (Å²) < 4.78 is 0.710. The number of primary amides is 1. The van der Waals surface area contributed by atoms with Gasteiger partial charge in [-0.15, -0.1) is 0 Å². The Morgan fingerprint density at radius 1 is 1.38 bits per heavy atom. The first-order valence-electron chi connectivity index (χ1n) is 5.85. The van der Waals surface area contributed by atoms with E-state index < -0.39 is 30.2 Å². The lowest BCUT2D eigenvalue weighted by Gasteiger charge is -2.12. The van der Waals surface area contributed by atoms with Gasteiger partial charge in [-0.1, -0.05) is 11.3 Å². The van der Waals surface area contributed by atoms with Crippen molar-refractivity contribution in [2.24, 2.45) is 5.73 Å². The van der Waals surface area contributed by atoms with Gasteiger partial charge in [0.15, 0.2) is 5.13 Å². The lowest BCUT2D eigenvalue weighted by molar-refractivity contribution is -0.140. The summed E-state index contributed by atoms with van der Waals surface area (Å²) in [5.41, 5.74) is 11.4. The summed E-state index contributed by atoms with van der Waals surface area (Å²) in [6.07, 6.45) is -0.475. The molecule has 1 atom stereocenters. The zero-order valence-corrected chi connectivity index (χ0v) is 11.5.